The third kappa shape index (κ3) is 2.98. The lowest BCUT2D eigenvalue weighted by atomic mass is 10.0. The molecule has 0 amide bonds. The molecule has 2 aromatic carbocycles. The summed E-state index contributed by atoms with van der Waals surface area (Å²) in [7, 11) is 1.54. The van der Waals surface area contributed by atoms with Crippen LogP contribution in [0.25, 0.3) is 11.6 Å². The Labute approximate surface area is 116 Å². The van der Waals surface area contributed by atoms with Crippen LogP contribution >= 0.6 is 0 Å². The van der Waals surface area contributed by atoms with Crippen molar-refractivity contribution in [2.75, 3.05) is 7.11 Å². The molecule has 0 heterocycles. The summed E-state index contributed by atoms with van der Waals surface area (Å²) in [6.07, 6.45) is 1.55. The normalized spacial score (nSPS) is 11.2. The van der Waals surface area contributed by atoms with E-state index in [2.05, 4.69) is 0 Å². The van der Waals surface area contributed by atoms with Gasteiger partial charge in [-0.3, -0.25) is 0 Å². The van der Waals surface area contributed by atoms with Gasteiger partial charge in [0.15, 0.2) is 0 Å². The number of rotatable bonds is 4. The van der Waals surface area contributed by atoms with E-state index in [1.165, 1.54) is 19.2 Å². The molecule has 0 aliphatic rings. The molecule has 0 fully saturated rings. The molecule has 0 bridgehead atoms. The minimum Gasteiger partial charge on any atom is -0.508 e. The van der Waals surface area contributed by atoms with E-state index in [1.807, 2.05) is 12.1 Å². The van der Waals surface area contributed by atoms with Gasteiger partial charge in [0.25, 0.3) is 0 Å². The molecule has 2 aromatic rings. The van der Waals surface area contributed by atoms with Crippen molar-refractivity contribution in [3.63, 3.8) is 0 Å². The number of carboxylic acid groups (broad SMARTS) is 1. The zero-order valence-electron chi connectivity index (χ0n) is 10.9. The van der Waals surface area contributed by atoms with Crippen LogP contribution in [-0.4, -0.2) is 23.3 Å². The Morgan fingerprint density at radius 2 is 1.75 bits per heavy atom. The lowest BCUT2D eigenvalue weighted by molar-refractivity contribution is -0.130. The second-order valence-electron chi connectivity index (χ2n) is 4.15. The Bertz CT molecular complexity index is 642. The first-order valence-electron chi connectivity index (χ1n) is 5.99. The fourth-order valence-corrected chi connectivity index (χ4v) is 1.85. The van der Waals surface area contributed by atoms with E-state index < -0.39 is 5.97 Å². The Morgan fingerprint density at radius 3 is 2.35 bits per heavy atom. The van der Waals surface area contributed by atoms with Crippen LogP contribution in [0, 0.1) is 0 Å². The first-order chi connectivity index (χ1) is 9.61. The van der Waals surface area contributed by atoms with E-state index in [-0.39, 0.29) is 11.3 Å². The van der Waals surface area contributed by atoms with Gasteiger partial charge in [-0.1, -0.05) is 30.3 Å². The number of hydrogen-bond acceptors (Lipinski definition) is 3. The van der Waals surface area contributed by atoms with Gasteiger partial charge in [-0.15, -0.1) is 0 Å². The van der Waals surface area contributed by atoms with Gasteiger partial charge in [0, 0.05) is 5.56 Å². The molecule has 4 nitrogen and oxygen atoms in total. The summed E-state index contributed by atoms with van der Waals surface area (Å²) in [5.41, 5.74) is 1.33. The number of methoxy groups -OCH3 is 1. The molecular formula is C16H14O4. The average molecular weight is 270 g/mol. The number of phenols is 1. The third-order valence-corrected chi connectivity index (χ3v) is 2.85. The number of carboxylic acids is 1. The molecule has 0 aromatic heterocycles. The standard InChI is InChI=1S/C16H14O4/c1-20-15-5-3-2-4-12(15)10-14(16(18)19)11-6-8-13(17)9-7-11/h2-10,17H,1H3,(H,18,19)/b14-10-. The van der Waals surface area contributed by atoms with Crippen LogP contribution in [0.3, 0.4) is 0 Å². The molecule has 0 unspecified atom stereocenters. The lowest BCUT2D eigenvalue weighted by Gasteiger charge is -2.07. The maximum atomic E-state index is 11.4. The fraction of sp³-hybridized carbons (Fsp3) is 0.0625. The van der Waals surface area contributed by atoms with Gasteiger partial charge in [0.1, 0.15) is 11.5 Å². The van der Waals surface area contributed by atoms with Crippen LogP contribution in [0.4, 0.5) is 0 Å². The first-order valence-corrected chi connectivity index (χ1v) is 5.99. The zero-order chi connectivity index (χ0) is 14.5. The van der Waals surface area contributed by atoms with E-state index in [0.29, 0.717) is 16.9 Å². The second-order valence-corrected chi connectivity index (χ2v) is 4.15. The number of para-hydroxylation sites is 1. The van der Waals surface area contributed by atoms with Crippen molar-refractivity contribution < 1.29 is 19.7 Å². The van der Waals surface area contributed by atoms with E-state index in [0.717, 1.165) is 0 Å². The second kappa shape index (κ2) is 5.93. The number of benzene rings is 2. The van der Waals surface area contributed by atoms with E-state index in [4.69, 9.17) is 4.74 Å². The van der Waals surface area contributed by atoms with Crippen molar-refractivity contribution in [3.05, 3.63) is 59.7 Å². The van der Waals surface area contributed by atoms with Crippen molar-refractivity contribution in [1.82, 2.24) is 0 Å². The van der Waals surface area contributed by atoms with Crippen molar-refractivity contribution in [2.45, 2.75) is 0 Å². The highest BCUT2D eigenvalue weighted by Gasteiger charge is 2.11. The summed E-state index contributed by atoms with van der Waals surface area (Å²) in [6.45, 7) is 0. The topological polar surface area (TPSA) is 66.8 Å². The van der Waals surface area contributed by atoms with Crippen LogP contribution in [0.2, 0.25) is 0 Å². The minimum absolute atomic E-state index is 0.0933. The van der Waals surface area contributed by atoms with Crippen LogP contribution in [0.1, 0.15) is 11.1 Å². The monoisotopic (exact) mass is 270 g/mol. The van der Waals surface area contributed by atoms with Gasteiger partial charge in [-0.05, 0) is 29.8 Å². The number of aromatic hydroxyl groups is 1. The molecule has 0 aliphatic heterocycles. The summed E-state index contributed by atoms with van der Waals surface area (Å²) in [6, 6.07) is 13.2. The molecule has 4 heteroatoms. The molecule has 0 radical (unpaired) electrons. The maximum Gasteiger partial charge on any atom is 0.336 e. The zero-order valence-corrected chi connectivity index (χ0v) is 10.9. The predicted octanol–water partition coefficient (Wildman–Crippen LogP) is 3.03. The summed E-state index contributed by atoms with van der Waals surface area (Å²) in [5.74, 6) is -0.345. The van der Waals surface area contributed by atoms with Crippen LogP contribution in [-0.2, 0) is 4.79 Å². The molecule has 102 valence electrons. The Morgan fingerprint density at radius 1 is 1.10 bits per heavy atom. The number of carbonyl (C=O) groups is 1. The number of phenolic OH excluding ortho intramolecular Hbond substituents is 1. The summed E-state index contributed by atoms with van der Waals surface area (Å²) in [4.78, 5) is 11.4. The van der Waals surface area contributed by atoms with Crippen molar-refractivity contribution >= 4 is 17.6 Å². The Balaban J connectivity index is 2.50. The highest BCUT2D eigenvalue weighted by molar-refractivity contribution is 6.20. The van der Waals surface area contributed by atoms with Crippen molar-refractivity contribution in [3.8, 4) is 11.5 Å². The van der Waals surface area contributed by atoms with Gasteiger partial charge >= 0.3 is 5.97 Å². The SMILES string of the molecule is COc1ccccc1/C=C(\C(=O)O)c1ccc(O)cc1. The van der Waals surface area contributed by atoms with E-state index in [9.17, 15) is 15.0 Å². The Hall–Kier alpha value is -2.75. The van der Waals surface area contributed by atoms with Crippen LogP contribution < -0.4 is 4.74 Å². The highest BCUT2D eigenvalue weighted by atomic mass is 16.5. The predicted molar refractivity (Wildman–Crippen MR) is 76.6 cm³/mol. The molecule has 0 saturated carbocycles. The smallest absolute Gasteiger partial charge is 0.336 e. The first kappa shape index (κ1) is 13.7. The summed E-state index contributed by atoms with van der Waals surface area (Å²) in [5, 5.41) is 18.6. The lowest BCUT2D eigenvalue weighted by Crippen LogP contribution is -2.00. The minimum atomic E-state index is -1.04. The summed E-state index contributed by atoms with van der Waals surface area (Å²) < 4.78 is 5.20. The van der Waals surface area contributed by atoms with Gasteiger partial charge in [-0.25, -0.2) is 4.79 Å². The Kier molecular flexibility index (Phi) is 4.05. The molecule has 0 spiro atoms. The average Bonchev–Trinajstić information content (AvgIpc) is 2.46. The third-order valence-electron chi connectivity index (χ3n) is 2.85. The largest absolute Gasteiger partial charge is 0.508 e. The quantitative estimate of drug-likeness (QED) is 0.662. The van der Waals surface area contributed by atoms with E-state index in [1.54, 1.807) is 30.3 Å². The van der Waals surface area contributed by atoms with Crippen LogP contribution in [0.5, 0.6) is 11.5 Å². The maximum absolute atomic E-state index is 11.4. The molecule has 20 heavy (non-hydrogen) atoms. The molecule has 0 aliphatic carbocycles. The van der Waals surface area contributed by atoms with Gasteiger partial charge in [0.2, 0.25) is 0 Å². The van der Waals surface area contributed by atoms with Gasteiger partial charge in [-0.2, -0.15) is 0 Å². The van der Waals surface area contributed by atoms with Crippen LogP contribution in [0.15, 0.2) is 48.5 Å². The number of ether oxygens (including phenoxy) is 1. The number of aliphatic carboxylic acids is 1. The van der Waals surface area contributed by atoms with Gasteiger partial charge < -0.3 is 14.9 Å². The molecule has 2 rings (SSSR count). The number of hydrogen-bond donors (Lipinski definition) is 2. The molecule has 2 N–H and O–H groups in total. The van der Waals surface area contributed by atoms with Crippen molar-refractivity contribution in [1.29, 1.82) is 0 Å². The molecule has 0 saturated heterocycles. The van der Waals surface area contributed by atoms with Crippen molar-refractivity contribution in [2.24, 2.45) is 0 Å². The fourth-order valence-electron chi connectivity index (χ4n) is 1.85. The van der Waals surface area contributed by atoms with E-state index >= 15 is 0 Å². The highest BCUT2D eigenvalue weighted by Crippen LogP contribution is 2.25. The molecule has 0 atom stereocenters. The molecular weight excluding hydrogens is 256 g/mol. The van der Waals surface area contributed by atoms with Gasteiger partial charge in [0.05, 0.1) is 12.7 Å². The summed E-state index contributed by atoms with van der Waals surface area (Å²) >= 11 is 0.